The number of ether oxygens (including phenoxy) is 1. The summed E-state index contributed by atoms with van der Waals surface area (Å²) in [5.74, 6) is 0.363. The minimum atomic E-state index is -0.313. The SMILES string of the molecule is CC(NC(=O)C(C)N(C)CCOc1ccc(Cl)cc1)c1ccc(F)cc1. The van der Waals surface area contributed by atoms with E-state index in [0.717, 1.165) is 11.3 Å². The molecule has 1 N–H and O–H groups in total. The van der Waals surface area contributed by atoms with E-state index in [-0.39, 0.29) is 23.8 Å². The first-order valence-corrected chi connectivity index (χ1v) is 8.89. The van der Waals surface area contributed by atoms with E-state index >= 15 is 0 Å². The number of hydrogen-bond donors (Lipinski definition) is 1. The zero-order chi connectivity index (χ0) is 19.1. The fourth-order valence-electron chi connectivity index (χ4n) is 2.40. The quantitative estimate of drug-likeness (QED) is 0.753. The van der Waals surface area contributed by atoms with Crippen LogP contribution in [0.2, 0.25) is 5.02 Å². The maximum Gasteiger partial charge on any atom is 0.237 e. The van der Waals surface area contributed by atoms with Crippen molar-refractivity contribution in [3.8, 4) is 5.75 Å². The van der Waals surface area contributed by atoms with E-state index in [1.165, 1.54) is 12.1 Å². The fourth-order valence-corrected chi connectivity index (χ4v) is 2.53. The standard InChI is InChI=1S/C20H24ClFN2O2/c1-14(16-4-8-18(22)9-5-16)23-20(25)15(2)24(3)12-13-26-19-10-6-17(21)7-11-19/h4-11,14-15H,12-13H2,1-3H3,(H,23,25). The lowest BCUT2D eigenvalue weighted by Crippen LogP contribution is -2.45. The first-order chi connectivity index (χ1) is 12.4. The molecule has 2 unspecified atom stereocenters. The Morgan fingerprint density at radius 1 is 1.15 bits per heavy atom. The molecule has 0 saturated carbocycles. The first kappa shape index (κ1) is 20.2. The third-order valence-electron chi connectivity index (χ3n) is 4.30. The second-order valence-corrected chi connectivity index (χ2v) is 6.68. The molecular formula is C20H24ClFN2O2. The van der Waals surface area contributed by atoms with E-state index in [0.29, 0.717) is 18.2 Å². The molecule has 0 heterocycles. The molecule has 0 fully saturated rings. The van der Waals surface area contributed by atoms with Crippen LogP contribution in [0.1, 0.15) is 25.5 Å². The Balaban J connectivity index is 1.78. The van der Waals surface area contributed by atoms with Crippen LogP contribution in [0.5, 0.6) is 5.75 Å². The van der Waals surface area contributed by atoms with Crippen LogP contribution >= 0.6 is 11.6 Å². The number of rotatable bonds is 8. The lowest BCUT2D eigenvalue weighted by Gasteiger charge is -2.25. The van der Waals surface area contributed by atoms with Gasteiger partial charge < -0.3 is 10.1 Å². The molecular weight excluding hydrogens is 355 g/mol. The predicted octanol–water partition coefficient (Wildman–Crippen LogP) is 4.06. The second-order valence-electron chi connectivity index (χ2n) is 6.24. The zero-order valence-electron chi connectivity index (χ0n) is 15.2. The predicted molar refractivity (Wildman–Crippen MR) is 102 cm³/mol. The fraction of sp³-hybridized carbons (Fsp3) is 0.350. The molecule has 0 aliphatic carbocycles. The highest BCUT2D eigenvalue weighted by atomic mass is 35.5. The van der Waals surface area contributed by atoms with Crippen LogP contribution in [-0.4, -0.2) is 37.0 Å². The molecule has 140 valence electrons. The summed E-state index contributed by atoms with van der Waals surface area (Å²) in [7, 11) is 1.87. The molecule has 2 aromatic rings. The molecule has 6 heteroatoms. The topological polar surface area (TPSA) is 41.6 Å². The van der Waals surface area contributed by atoms with Crippen molar-refractivity contribution < 1.29 is 13.9 Å². The summed E-state index contributed by atoms with van der Waals surface area (Å²) in [5.41, 5.74) is 0.862. The molecule has 2 rings (SSSR count). The third-order valence-corrected chi connectivity index (χ3v) is 4.55. The van der Waals surface area contributed by atoms with Crippen LogP contribution < -0.4 is 10.1 Å². The van der Waals surface area contributed by atoms with Crippen molar-refractivity contribution in [2.75, 3.05) is 20.2 Å². The maximum absolute atomic E-state index is 13.0. The summed E-state index contributed by atoms with van der Waals surface area (Å²) in [6.07, 6.45) is 0. The highest BCUT2D eigenvalue weighted by molar-refractivity contribution is 6.30. The lowest BCUT2D eigenvalue weighted by molar-refractivity contribution is -0.126. The number of carbonyl (C=O) groups excluding carboxylic acids is 1. The van der Waals surface area contributed by atoms with Gasteiger partial charge in [0.2, 0.25) is 5.91 Å². The second kappa shape index (κ2) is 9.55. The van der Waals surface area contributed by atoms with Gasteiger partial charge in [-0.25, -0.2) is 4.39 Å². The molecule has 2 atom stereocenters. The van der Waals surface area contributed by atoms with Gasteiger partial charge in [-0.2, -0.15) is 0 Å². The van der Waals surface area contributed by atoms with Crippen molar-refractivity contribution in [1.29, 1.82) is 0 Å². The number of likely N-dealkylation sites (N-methyl/N-ethyl adjacent to an activating group) is 1. The van der Waals surface area contributed by atoms with Crippen molar-refractivity contribution in [3.63, 3.8) is 0 Å². The number of halogens is 2. The van der Waals surface area contributed by atoms with Crippen LogP contribution in [0, 0.1) is 5.82 Å². The molecule has 26 heavy (non-hydrogen) atoms. The summed E-state index contributed by atoms with van der Waals surface area (Å²) in [6.45, 7) is 4.78. The van der Waals surface area contributed by atoms with Gasteiger partial charge in [-0.05, 0) is 62.9 Å². The molecule has 0 aliphatic heterocycles. The zero-order valence-corrected chi connectivity index (χ0v) is 16.0. The Labute approximate surface area is 158 Å². The summed E-state index contributed by atoms with van der Waals surface area (Å²) in [5, 5.41) is 3.61. The molecule has 0 aliphatic rings. The Morgan fingerprint density at radius 3 is 2.38 bits per heavy atom. The number of carbonyl (C=O) groups is 1. The summed E-state index contributed by atoms with van der Waals surface area (Å²) in [6, 6.07) is 12.8. The van der Waals surface area contributed by atoms with Gasteiger partial charge in [0.05, 0.1) is 12.1 Å². The Kier molecular flexibility index (Phi) is 7.42. The normalized spacial score (nSPS) is 13.3. The average molecular weight is 379 g/mol. The van der Waals surface area contributed by atoms with Gasteiger partial charge in [-0.3, -0.25) is 9.69 Å². The Bertz CT molecular complexity index is 707. The van der Waals surface area contributed by atoms with Crippen LogP contribution in [0.3, 0.4) is 0 Å². The van der Waals surface area contributed by atoms with E-state index in [9.17, 15) is 9.18 Å². The molecule has 0 spiro atoms. The third kappa shape index (κ3) is 6.00. The monoisotopic (exact) mass is 378 g/mol. The smallest absolute Gasteiger partial charge is 0.237 e. The molecule has 0 radical (unpaired) electrons. The highest BCUT2D eigenvalue weighted by Gasteiger charge is 2.20. The summed E-state index contributed by atoms with van der Waals surface area (Å²) < 4.78 is 18.7. The van der Waals surface area contributed by atoms with Gasteiger partial charge in [0.1, 0.15) is 18.2 Å². The van der Waals surface area contributed by atoms with Gasteiger partial charge >= 0.3 is 0 Å². The van der Waals surface area contributed by atoms with E-state index in [1.54, 1.807) is 24.3 Å². The average Bonchev–Trinajstić information content (AvgIpc) is 2.63. The number of nitrogens with one attached hydrogen (secondary N) is 1. The molecule has 0 bridgehead atoms. The van der Waals surface area contributed by atoms with Crippen molar-refractivity contribution in [2.45, 2.75) is 25.9 Å². The number of amides is 1. The molecule has 1 amide bonds. The van der Waals surface area contributed by atoms with Crippen LogP contribution in [-0.2, 0) is 4.79 Å². The summed E-state index contributed by atoms with van der Waals surface area (Å²) in [4.78, 5) is 14.3. The van der Waals surface area contributed by atoms with Gasteiger partial charge in [0, 0.05) is 11.6 Å². The van der Waals surface area contributed by atoms with Gasteiger partial charge in [-0.1, -0.05) is 23.7 Å². The highest BCUT2D eigenvalue weighted by Crippen LogP contribution is 2.16. The van der Waals surface area contributed by atoms with Crippen LogP contribution in [0.25, 0.3) is 0 Å². The number of hydrogen-bond acceptors (Lipinski definition) is 3. The summed E-state index contributed by atoms with van der Waals surface area (Å²) >= 11 is 5.84. The van der Waals surface area contributed by atoms with Gasteiger partial charge in [0.25, 0.3) is 0 Å². The minimum absolute atomic E-state index is 0.0872. The number of nitrogens with zero attached hydrogens (tertiary/aromatic N) is 1. The van der Waals surface area contributed by atoms with Crippen molar-refractivity contribution in [2.24, 2.45) is 0 Å². The molecule has 0 saturated heterocycles. The molecule has 4 nitrogen and oxygen atoms in total. The van der Waals surface area contributed by atoms with Crippen molar-refractivity contribution in [3.05, 3.63) is 64.9 Å². The van der Waals surface area contributed by atoms with Crippen molar-refractivity contribution in [1.82, 2.24) is 10.2 Å². The van der Waals surface area contributed by atoms with Crippen molar-refractivity contribution >= 4 is 17.5 Å². The number of benzene rings is 2. The molecule has 0 aromatic heterocycles. The Hall–Kier alpha value is -2.11. The molecule has 2 aromatic carbocycles. The van der Waals surface area contributed by atoms with E-state index in [4.69, 9.17) is 16.3 Å². The van der Waals surface area contributed by atoms with Crippen LogP contribution in [0.15, 0.2) is 48.5 Å². The minimum Gasteiger partial charge on any atom is -0.492 e. The van der Waals surface area contributed by atoms with Crippen LogP contribution in [0.4, 0.5) is 4.39 Å². The van der Waals surface area contributed by atoms with Gasteiger partial charge in [0.15, 0.2) is 0 Å². The Morgan fingerprint density at radius 2 is 1.77 bits per heavy atom. The first-order valence-electron chi connectivity index (χ1n) is 8.51. The lowest BCUT2D eigenvalue weighted by atomic mass is 10.1. The van der Waals surface area contributed by atoms with Gasteiger partial charge in [-0.15, -0.1) is 0 Å². The maximum atomic E-state index is 13.0. The largest absolute Gasteiger partial charge is 0.492 e. The van der Waals surface area contributed by atoms with E-state index in [2.05, 4.69) is 5.32 Å². The van der Waals surface area contributed by atoms with E-state index < -0.39 is 0 Å². The van der Waals surface area contributed by atoms with E-state index in [1.807, 2.05) is 37.9 Å².